The molecule has 0 heterocycles. The molecule has 7 heteroatoms. The Hall–Kier alpha value is -1.53. The first-order valence-electron chi connectivity index (χ1n) is 6.24. The van der Waals surface area contributed by atoms with E-state index < -0.39 is 29.7 Å². The van der Waals surface area contributed by atoms with Gasteiger partial charge in [0.25, 0.3) is 0 Å². The third kappa shape index (κ3) is 8.55. The van der Waals surface area contributed by atoms with Crippen molar-refractivity contribution in [2.45, 2.75) is 58.4 Å². The van der Waals surface area contributed by atoms with Crippen molar-refractivity contribution in [1.82, 2.24) is 5.32 Å². The number of esters is 1. The van der Waals surface area contributed by atoms with Crippen molar-refractivity contribution in [3.8, 4) is 0 Å². The molecule has 1 atom stereocenters. The van der Waals surface area contributed by atoms with Crippen LogP contribution >= 0.6 is 0 Å². The topological polar surface area (TPSA) is 55.4 Å². The highest BCUT2D eigenvalue weighted by Crippen LogP contribution is 2.15. The molecule has 20 heavy (non-hydrogen) atoms. The predicted molar refractivity (Wildman–Crippen MR) is 67.9 cm³/mol. The van der Waals surface area contributed by atoms with Crippen LogP contribution in [0.4, 0.5) is 13.2 Å². The number of carbonyl (C=O) groups excluding carboxylic acids is 2. The minimum atomic E-state index is -4.94. The Bertz CT molecular complexity index is 370. The highest BCUT2D eigenvalue weighted by atomic mass is 19.4. The zero-order valence-corrected chi connectivity index (χ0v) is 12.0. The number of hydrogen-bond acceptors (Lipinski definition) is 3. The summed E-state index contributed by atoms with van der Waals surface area (Å²) < 4.78 is 41.4. The molecule has 0 aliphatic carbocycles. The lowest BCUT2D eigenvalue weighted by Crippen LogP contribution is -2.42. The van der Waals surface area contributed by atoms with Gasteiger partial charge >= 0.3 is 18.1 Å². The first-order valence-corrected chi connectivity index (χ1v) is 6.24. The van der Waals surface area contributed by atoms with Gasteiger partial charge in [-0.05, 0) is 27.2 Å². The van der Waals surface area contributed by atoms with Crippen LogP contribution in [0.15, 0.2) is 12.2 Å². The summed E-state index contributed by atoms with van der Waals surface area (Å²) >= 11 is 0. The van der Waals surface area contributed by atoms with E-state index in [1.807, 2.05) is 5.32 Å². The van der Waals surface area contributed by atoms with E-state index in [2.05, 4.69) is 0 Å². The Morgan fingerprint density at radius 1 is 1.25 bits per heavy atom. The summed E-state index contributed by atoms with van der Waals surface area (Å²) in [5, 5.41) is 1.82. The number of amides is 1. The van der Waals surface area contributed by atoms with Crippen LogP contribution in [0.25, 0.3) is 0 Å². The van der Waals surface area contributed by atoms with Gasteiger partial charge in [0.2, 0.25) is 0 Å². The molecule has 0 aromatic rings. The van der Waals surface area contributed by atoms with Crippen molar-refractivity contribution in [1.29, 1.82) is 0 Å². The number of rotatable bonds is 5. The van der Waals surface area contributed by atoms with Crippen molar-refractivity contribution >= 4 is 11.9 Å². The summed E-state index contributed by atoms with van der Waals surface area (Å²) in [4.78, 5) is 22.2. The summed E-state index contributed by atoms with van der Waals surface area (Å²) in [6.07, 6.45) is -1.85. The number of carbonyl (C=O) groups is 2. The smallest absolute Gasteiger partial charge is 0.457 e. The second-order valence-electron chi connectivity index (χ2n) is 5.26. The van der Waals surface area contributed by atoms with E-state index in [-0.39, 0.29) is 0 Å². The van der Waals surface area contributed by atoms with Gasteiger partial charge in [-0.2, -0.15) is 13.2 Å². The lowest BCUT2D eigenvalue weighted by atomic mass is 10.1. The van der Waals surface area contributed by atoms with E-state index in [9.17, 15) is 22.8 Å². The molecule has 0 radical (unpaired) electrons. The van der Waals surface area contributed by atoms with Crippen molar-refractivity contribution < 1.29 is 27.5 Å². The van der Waals surface area contributed by atoms with Crippen molar-refractivity contribution in [3.05, 3.63) is 12.2 Å². The van der Waals surface area contributed by atoms with Gasteiger partial charge in [-0.3, -0.25) is 4.79 Å². The second kappa shape index (κ2) is 7.31. The molecule has 0 aromatic carbocycles. The quantitative estimate of drug-likeness (QED) is 0.627. The Labute approximate surface area is 116 Å². The fourth-order valence-corrected chi connectivity index (χ4v) is 1.31. The monoisotopic (exact) mass is 295 g/mol. The van der Waals surface area contributed by atoms with Gasteiger partial charge in [-0.1, -0.05) is 19.4 Å². The third-order valence-corrected chi connectivity index (χ3v) is 2.05. The molecule has 0 saturated carbocycles. The maximum absolute atomic E-state index is 12.1. The molecule has 1 amide bonds. The molecule has 0 unspecified atom stereocenters. The number of nitrogens with one attached hydrogen (secondary N) is 1. The van der Waals surface area contributed by atoms with E-state index in [1.165, 1.54) is 6.08 Å². The van der Waals surface area contributed by atoms with E-state index >= 15 is 0 Å². The Morgan fingerprint density at radius 2 is 1.80 bits per heavy atom. The average Bonchev–Trinajstić information content (AvgIpc) is 2.22. The van der Waals surface area contributed by atoms with E-state index in [0.717, 1.165) is 6.08 Å². The molecular weight excluding hydrogens is 275 g/mol. The number of ether oxygens (including phenoxy) is 1. The van der Waals surface area contributed by atoms with Gasteiger partial charge in [0, 0.05) is 12.1 Å². The van der Waals surface area contributed by atoms with Crippen molar-refractivity contribution in [3.63, 3.8) is 0 Å². The van der Waals surface area contributed by atoms with Gasteiger partial charge in [0.15, 0.2) is 0 Å². The molecular formula is C13H20F3NO3. The van der Waals surface area contributed by atoms with Crippen LogP contribution in [-0.2, 0) is 14.3 Å². The Morgan fingerprint density at radius 3 is 2.20 bits per heavy atom. The highest BCUT2D eigenvalue weighted by Gasteiger charge is 2.39. The van der Waals surface area contributed by atoms with Crippen LogP contribution < -0.4 is 5.32 Å². The summed E-state index contributed by atoms with van der Waals surface area (Å²) in [7, 11) is 0. The summed E-state index contributed by atoms with van der Waals surface area (Å²) in [6, 6.07) is -0.860. The molecule has 0 bridgehead atoms. The van der Waals surface area contributed by atoms with Crippen LogP contribution in [0.5, 0.6) is 0 Å². The molecule has 1 N–H and O–H groups in total. The van der Waals surface area contributed by atoms with Crippen LogP contribution in [-0.4, -0.2) is 29.7 Å². The number of hydrogen-bond donors (Lipinski definition) is 1. The largest absolute Gasteiger partial charge is 0.471 e. The first-order chi connectivity index (χ1) is 8.95. The number of alkyl halides is 3. The van der Waals surface area contributed by atoms with Crippen LogP contribution in [0.2, 0.25) is 0 Å². The van der Waals surface area contributed by atoms with Gasteiger partial charge in [-0.15, -0.1) is 0 Å². The summed E-state index contributed by atoms with van der Waals surface area (Å²) in [5.41, 5.74) is -0.684. The Balaban J connectivity index is 4.62. The minimum absolute atomic E-state index is 0.293. The SMILES string of the molecule is CCC[C@@H](/C=C/C(=O)OC(C)(C)C)NC(=O)C(F)(F)F. The Kier molecular flexibility index (Phi) is 6.75. The standard InChI is InChI=1S/C13H20F3NO3/c1-5-6-9(17-11(19)13(14,15)16)7-8-10(18)20-12(2,3)4/h7-9H,5-6H2,1-4H3,(H,17,19)/b8-7+/t9-/m0/s1. The van der Waals surface area contributed by atoms with Gasteiger partial charge < -0.3 is 10.1 Å². The second-order valence-corrected chi connectivity index (χ2v) is 5.26. The normalized spacial score (nSPS) is 14.2. The van der Waals surface area contributed by atoms with Gasteiger partial charge in [-0.25, -0.2) is 4.79 Å². The minimum Gasteiger partial charge on any atom is -0.457 e. The number of halogens is 3. The van der Waals surface area contributed by atoms with Gasteiger partial charge in [0.1, 0.15) is 5.60 Å². The molecule has 0 aliphatic heterocycles. The zero-order valence-electron chi connectivity index (χ0n) is 12.0. The van der Waals surface area contributed by atoms with E-state index in [0.29, 0.717) is 12.8 Å². The van der Waals surface area contributed by atoms with Crippen LogP contribution in [0.3, 0.4) is 0 Å². The fourth-order valence-electron chi connectivity index (χ4n) is 1.31. The summed E-state index contributed by atoms with van der Waals surface area (Å²) in [5.74, 6) is -2.69. The molecule has 0 aromatic heterocycles. The van der Waals surface area contributed by atoms with E-state index in [4.69, 9.17) is 4.74 Å². The zero-order chi connectivity index (χ0) is 16.0. The lowest BCUT2D eigenvalue weighted by molar-refractivity contribution is -0.174. The van der Waals surface area contributed by atoms with Crippen LogP contribution in [0, 0.1) is 0 Å². The van der Waals surface area contributed by atoms with E-state index in [1.54, 1.807) is 27.7 Å². The molecule has 4 nitrogen and oxygen atoms in total. The maximum Gasteiger partial charge on any atom is 0.471 e. The molecule has 0 fully saturated rings. The van der Waals surface area contributed by atoms with Crippen molar-refractivity contribution in [2.24, 2.45) is 0 Å². The first kappa shape index (κ1) is 18.5. The van der Waals surface area contributed by atoms with Crippen LogP contribution in [0.1, 0.15) is 40.5 Å². The van der Waals surface area contributed by atoms with Crippen molar-refractivity contribution in [2.75, 3.05) is 0 Å². The highest BCUT2D eigenvalue weighted by molar-refractivity contribution is 5.84. The lowest BCUT2D eigenvalue weighted by Gasteiger charge is -2.19. The molecule has 0 saturated heterocycles. The third-order valence-electron chi connectivity index (χ3n) is 2.05. The summed E-state index contributed by atoms with van der Waals surface area (Å²) in [6.45, 7) is 6.78. The average molecular weight is 295 g/mol. The molecule has 0 aliphatic rings. The van der Waals surface area contributed by atoms with Gasteiger partial charge in [0.05, 0.1) is 0 Å². The predicted octanol–water partition coefficient (Wildman–Crippen LogP) is 2.73. The molecule has 0 rings (SSSR count). The molecule has 0 spiro atoms. The maximum atomic E-state index is 12.1. The molecule has 116 valence electrons. The fraction of sp³-hybridized carbons (Fsp3) is 0.692.